The minimum absolute atomic E-state index is 0.0766. The highest BCUT2D eigenvalue weighted by atomic mass is 16.6. The Morgan fingerprint density at radius 3 is 2.14 bits per heavy atom. The number of carbonyl (C=O) groups is 1. The smallest absolute Gasteiger partial charge is 0.204 e. The lowest BCUT2D eigenvalue weighted by atomic mass is 10.0. The van der Waals surface area contributed by atoms with E-state index in [1.54, 1.807) is 18.2 Å². The third kappa shape index (κ3) is 5.18. The number of hydrogen-bond donors (Lipinski definition) is 3. The monoisotopic (exact) mass is 404 g/mol. The molecular formula is C21H24O8. The molecule has 0 saturated heterocycles. The first-order valence-corrected chi connectivity index (χ1v) is 8.69. The molecular weight excluding hydrogens is 380 g/mol. The topological polar surface area (TPSA) is 115 Å². The van der Waals surface area contributed by atoms with Gasteiger partial charge in [0.15, 0.2) is 29.1 Å². The highest BCUT2D eigenvalue weighted by Crippen LogP contribution is 2.41. The van der Waals surface area contributed by atoms with Gasteiger partial charge in [-0.15, -0.1) is 0 Å². The van der Waals surface area contributed by atoms with E-state index in [0.29, 0.717) is 28.9 Å². The van der Waals surface area contributed by atoms with Gasteiger partial charge < -0.3 is 34.3 Å². The van der Waals surface area contributed by atoms with Gasteiger partial charge >= 0.3 is 0 Å². The van der Waals surface area contributed by atoms with E-state index in [9.17, 15) is 20.1 Å². The van der Waals surface area contributed by atoms with Gasteiger partial charge in [-0.1, -0.05) is 12.1 Å². The zero-order valence-electron chi connectivity index (χ0n) is 16.4. The van der Waals surface area contributed by atoms with E-state index < -0.39 is 18.8 Å². The Hall–Kier alpha value is -3.23. The molecule has 0 radical (unpaired) electrons. The molecule has 29 heavy (non-hydrogen) atoms. The SMILES string of the molecule is COc1cc([C@H](O)[C@@H](CO)Oc2c(OC)cc(C=CC=O)cc2OC)ccc1O. The zero-order chi connectivity index (χ0) is 21.4. The summed E-state index contributed by atoms with van der Waals surface area (Å²) in [5.41, 5.74) is 1.02. The molecule has 0 bridgehead atoms. The van der Waals surface area contributed by atoms with Gasteiger partial charge in [-0.3, -0.25) is 4.79 Å². The van der Waals surface area contributed by atoms with Crippen molar-refractivity contribution < 1.29 is 39.1 Å². The molecule has 0 saturated carbocycles. The lowest BCUT2D eigenvalue weighted by molar-refractivity contribution is -0.104. The molecule has 0 unspecified atom stereocenters. The lowest BCUT2D eigenvalue weighted by Crippen LogP contribution is -2.29. The first-order valence-electron chi connectivity index (χ1n) is 8.69. The van der Waals surface area contributed by atoms with Gasteiger partial charge in [0, 0.05) is 0 Å². The van der Waals surface area contributed by atoms with Crippen LogP contribution in [0.4, 0.5) is 0 Å². The number of phenolic OH excluding ortho intramolecular Hbond substituents is 1. The summed E-state index contributed by atoms with van der Waals surface area (Å²) in [6, 6.07) is 7.58. The number of rotatable bonds is 10. The maximum absolute atomic E-state index is 10.7. The normalized spacial score (nSPS) is 13.0. The van der Waals surface area contributed by atoms with Crippen LogP contribution in [-0.2, 0) is 4.79 Å². The maximum atomic E-state index is 10.7. The molecule has 0 spiro atoms. The predicted octanol–water partition coefficient (Wildman–Crippen LogP) is 2.10. The Kier molecular flexibility index (Phi) is 7.88. The molecule has 0 fully saturated rings. The number of phenols is 1. The van der Waals surface area contributed by atoms with Gasteiger partial charge in [-0.25, -0.2) is 0 Å². The standard InChI is InChI=1S/C21H24O8/c1-26-16-11-14(6-7-15(16)24)20(25)19(12-23)29-21-17(27-2)9-13(5-4-8-22)10-18(21)28-3/h4-11,19-20,23-25H,12H2,1-3H3/t19-,20+/m1/s1. The van der Waals surface area contributed by atoms with Gasteiger partial charge in [0.05, 0.1) is 27.9 Å². The molecule has 0 aliphatic carbocycles. The van der Waals surface area contributed by atoms with Crippen molar-refractivity contribution in [1.82, 2.24) is 0 Å². The zero-order valence-corrected chi connectivity index (χ0v) is 16.4. The van der Waals surface area contributed by atoms with Crippen LogP contribution in [-0.4, -0.2) is 55.6 Å². The average Bonchev–Trinajstić information content (AvgIpc) is 2.75. The van der Waals surface area contributed by atoms with Crippen molar-refractivity contribution in [3.05, 3.63) is 47.5 Å². The maximum Gasteiger partial charge on any atom is 0.204 e. The van der Waals surface area contributed by atoms with Gasteiger partial charge in [-0.05, 0) is 41.5 Å². The number of aromatic hydroxyl groups is 1. The lowest BCUT2D eigenvalue weighted by Gasteiger charge is -2.25. The van der Waals surface area contributed by atoms with Crippen LogP contribution in [0.2, 0.25) is 0 Å². The van der Waals surface area contributed by atoms with Crippen molar-refractivity contribution in [1.29, 1.82) is 0 Å². The van der Waals surface area contributed by atoms with Crippen LogP contribution in [0, 0.1) is 0 Å². The number of methoxy groups -OCH3 is 3. The van der Waals surface area contributed by atoms with Crippen molar-refractivity contribution in [2.45, 2.75) is 12.2 Å². The predicted molar refractivity (Wildman–Crippen MR) is 106 cm³/mol. The summed E-state index contributed by atoms with van der Waals surface area (Å²) in [5, 5.41) is 30.2. The molecule has 8 nitrogen and oxygen atoms in total. The molecule has 3 N–H and O–H groups in total. The fourth-order valence-electron chi connectivity index (χ4n) is 2.71. The van der Waals surface area contributed by atoms with E-state index >= 15 is 0 Å². The first kappa shape index (κ1) is 22.1. The van der Waals surface area contributed by atoms with E-state index in [4.69, 9.17) is 18.9 Å². The van der Waals surface area contributed by atoms with Gasteiger partial charge in [0.2, 0.25) is 5.75 Å². The highest BCUT2D eigenvalue weighted by molar-refractivity contribution is 5.75. The van der Waals surface area contributed by atoms with Crippen LogP contribution < -0.4 is 18.9 Å². The summed E-state index contributed by atoms with van der Waals surface area (Å²) in [4.78, 5) is 10.6. The Morgan fingerprint density at radius 1 is 1.00 bits per heavy atom. The number of allylic oxidation sites excluding steroid dienone is 1. The molecule has 0 aromatic heterocycles. The summed E-state index contributed by atoms with van der Waals surface area (Å²) < 4.78 is 21.6. The van der Waals surface area contributed by atoms with Crippen molar-refractivity contribution in [3.63, 3.8) is 0 Å². The molecule has 0 amide bonds. The third-order valence-electron chi connectivity index (χ3n) is 4.20. The summed E-state index contributed by atoms with van der Waals surface area (Å²) >= 11 is 0. The average molecular weight is 404 g/mol. The summed E-state index contributed by atoms with van der Waals surface area (Å²) in [5.74, 6) is 0.877. The summed E-state index contributed by atoms with van der Waals surface area (Å²) in [6.07, 6.45) is 1.24. The Morgan fingerprint density at radius 2 is 1.62 bits per heavy atom. The van der Waals surface area contributed by atoms with Crippen molar-refractivity contribution in [2.75, 3.05) is 27.9 Å². The number of hydrogen-bond acceptors (Lipinski definition) is 8. The minimum Gasteiger partial charge on any atom is -0.504 e. The largest absolute Gasteiger partial charge is 0.504 e. The van der Waals surface area contributed by atoms with Gasteiger partial charge in [0.1, 0.15) is 12.4 Å². The number of aldehydes is 1. The first-order chi connectivity index (χ1) is 14.0. The Balaban J connectivity index is 2.38. The van der Waals surface area contributed by atoms with Crippen LogP contribution in [0.3, 0.4) is 0 Å². The van der Waals surface area contributed by atoms with E-state index in [1.165, 1.54) is 45.6 Å². The van der Waals surface area contributed by atoms with Gasteiger partial charge in [0.25, 0.3) is 0 Å². The molecule has 2 aromatic rings. The van der Waals surface area contributed by atoms with Crippen LogP contribution in [0.1, 0.15) is 17.2 Å². The molecule has 2 rings (SSSR count). The summed E-state index contributed by atoms with van der Waals surface area (Å²) in [7, 11) is 4.26. The number of aliphatic hydroxyl groups is 2. The van der Waals surface area contributed by atoms with Crippen LogP contribution in [0.5, 0.6) is 28.7 Å². The van der Waals surface area contributed by atoms with Gasteiger partial charge in [-0.2, -0.15) is 0 Å². The fourth-order valence-corrected chi connectivity index (χ4v) is 2.71. The van der Waals surface area contributed by atoms with E-state index in [0.717, 1.165) is 0 Å². The van der Waals surface area contributed by atoms with Crippen molar-refractivity contribution in [3.8, 4) is 28.7 Å². The number of carbonyl (C=O) groups excluding carboxylic acids is 1. The third-order valence-corrected chi connectivity index (χ3v) is 4.20. The number of aliphatic hydroxyl groups excluding tert-OH is 2. The molecule has 2 atom stereocenters. The molecule has 0 heterocycles. The highest BCUT2D eigenvalue weighted by Gasteiger charge is 2.26. The molecule has 2 aromatic carbocycles. The number of ether oxygens (including phenoxy) is 4. The molecule has 0 aliphatic heterocycles. The van der Waals surface area contributed by atoms with Crippen molar-refractivity contribution in [2.24, 2.45) is 0 Å². The van der Waals surface area contributed by atoms with E-state index in [-0.39, 0.29) is 17.2 Å². The van der Waals surface area contributed by atoms with Crippen LogP contribution in [0.25, 0.3) is 6.08 Å². The molecule has 8 heteroatoms. The second kappa shape index (κ2) is 10.4. The van der Waals surface area contributed by atoms with E-state index in [2.05, 4.69) is 0 Å². The summed E-state index contributed by atoms with van der Waals surface area (Å²) in [6.45, 7) is -0.510. The second-order valence-corrected chi connectivity index (χ2v) is 5.96. The van der Waals surface area contributed by atoms with Crippen LogP contribution in [0.15, 0.2) is 36.4 Å². The van der Waals surface area contributed by atoms with Crippen molar-refractivity contribution >= 4 is 12.4 Å². The number of benzene rings is 2. The quantitative estimate of drug-likeness (QED) is 0.407. The van der Waals surface area contributed by atoms with E-state index in [1.807, 2.05) is 0 Å². The van der Waals surface area contributed by atoms with Crippen LogP contribution >= 0.6 is 0 Å². The second-order valence-electron chi connectivity index (χ2n) is 5.96. The minimum atomic E-state index is -1.24. The Labute approximate surface area is 168 Å². The Bertz CT molecular complexity index is 837. The fraction of sp³-hybridized carbons (Fsp3) is 0.286. The molecule has 0 aliphatic rings. The molecule has 156 valence electrons.